The van der Waals surface area contributed by atoms with Crippen LogP contribution in [0, 0.1) is 0 Å². The second-order valence-electron chi connectivity index (χ2n) is 4.73. The van der Waals surface area contributed by atoms with Gasteiger partial charge < -0.3 is 10.6 Å². The molecule has 0 aliphatic carbocycles. The molecule has 0 aliphatic rings. The summed E-state index contributed by atoms with van der Waals surface area (Å²) in [5.41, 5.74) is 1.32. The summed E-state index contributed by atoms with van der Waals surface area (Å²) in [4.78, 5) is 8.59. The lowest BCUT2D eigenvalue weighted by molar-refractivity contribution is 0.873. The summed E-state index contributed by atoms with van der Waals surface area (Å²) in [5.74, 6) is 1.52. The average molecular weight is 256 g/mol. The molecule has 0 fully saturated rings. The highest BCUT2D eigenvalue weighted by atomic mass is 15.1. The third kappa shape index (κ3) is 4.58. The third-order valence-electron chi connectivity index (χ3n) is 2.64. The van der Waals surface area contributed by atoms with Gasteiger partial charge in [0.05, 0.1) is 0 Å². The fourth-order valence-corrected chi connectivity index (χ4v) is 1.76. The van der Waals surface area contributed by atoms with Crippen molar-refractivity contribution in [3.05, 3.63) is 48.2 Å². The van der Waals surface area contributed by atoms with Crippen molar-refractivity contribution in [2.45, 2.75) is 26.3 Å². The smallest absolute Gasteiger partial charge is 0.224 e. The summed E-state index contributed by atoms with van der Waals surface area (Å²) < 4.78 is 0. The van der Waals surface area contributed by atoms with Crippen LogP contribution in [0.4, 0.5) is 11.8 Å². The molecular formula is C15H20N4. The summed E-state index contributed by atoms with van der Waals surface area (Å²) >= 11 is 0. The van der Waals surface area contributed by atoms with Crippen LogP contribution in [0.2, 0.25) is 0 Å². The first-order valence-electron chi connectivity index (χ1n) is 6.61. The van der Waals surface area contributed by atoms with Crippen molar-refractivity contribution in [3.63, 3.8) is 0 Å². The minimum atomic E-state index is 0.333. The normalized spacial score (nSPS) is 10.5. The molecule has 0 amide bonds. The summed E-state index contributed by atoms with van der Waals surface area (Å²) in [6.07, 6.45) is 2.75. The number of anilines is 2. The highest BCUT2D eigenvalue weighted by molar-refractivity contribution is 5.39. The molecule has 1 heterocycles. The van der Waals surface area contributed by atoms with Gasteiger partial charge in [-0.3, -0.25) is 0 Å². The van der Waals surface area contributed by atoms with E-state index in [1.807, 2.05) is 12.1 Å². The van der Waals surface area contributed by atoms with Crippen molar-refractivity contribution in [3.8, 4) is 0 Å². The molecular weight excluding hydrogens is 236 g/mol. The van der Waals surface area contributed by atoms with Crippen LogP contribution < -0.4 is 10.6 Å². The van der Waals surface area contributed by atoms with Crippen molar-refractivity contribution in [2.75, 3.05) is 17.2 Å². The van der Waals surface area contributed by atoms with Gasteiger partial charge in [0.2, 0.25) is 5.95 Å². The molecule has 1 aromatic carbocycles. The van der Waals surface area contributed by atoms with Crippen LogP contribution in [0.1, 0.15) is 19.4 Å². The van der Waals surface area contributed by atoms with E-state index in [1.54, 1.807) is 6.20 Å². The second-order valence-corrected chi connectivity index (χ2v) is 4.73. The van der Waals surface area contributed by atoms with Gasteiger partial charge in [0.1, 0.15) is 5.82 Å². The van der Waals surface area contributed by atoms with Gasteiger partial charge in [-0.2, -0.15) is 4.98 Å². The lowest BCUT2D eigenvalue weighted by Gasteiger charge is -2.10. The van der Waals surface area contributed by atoms with Gasteiger partial charge in [0.25, 0.3) is 0 Å². The van der Waals surface area contributed by atoms with Gasteiger partial charge in [-0.25, -0.2) is 4.98 Å². The Hall–Kier alpha value is -2.10. The number of nitrogens with zero attached hydrogens (tertiary/aromatic N) is 2. The molecule has 0 bridgehead atoms. The monoisotopic (exact) mass is 256 g/mol. The minimum absolute atomic E-state index is 0.333. The molecule has 2 rings (SSSR count). The molecule has 2 aromatic rings. The Morgan fingerprint density at radius 1 is 1.11 bits per heavy atom. The molecule has 0 aliphatic heterocycles. The number of rotatable bonds is 6. The molecule has 19 heavy (non-hydrogen) atoms. The molecule has 0 spiro atoms. The van der Waals surface area contributed by atoms with Gasteiger partial charge >= 0.3 is 0 Å². The Bertz CT molecular complexity index is 497. The van der Waals surface area contributed by atoms with E-state index in [1.165, 1.54) is 5.56 Å². The zero-order chi connectivity index (χ0) is 13.5. The van der Waals surface area contributed by atoms with E-state index in [2.05, 4.69) is 58.7 Å². The van der Waals surface area contributed by atoms with E-state index >= 15 is 0 Å². The van der Waals surface area contributed by atoms with E-state index in [0.29, 0.717) is 12.0 Å². The Labute approximate surface area is 114 Å². The average Bonchev–Trinajstić information content (AvgIpc) is 2.40. The lowest BCUT2D eigenvalue weighted by Crippen LogP contribution is -2.14. The zero-order valence-electron chi connectivity index (χ0n) is 11.4. The maximum Gasteiger partial charge on any atom is 0.224 e. The first-order valence-corrected chi connectivity index (χ1v) is 6.61. The molecule has 1 aromatic heterocycles. The van der Waals surface area contributed by atoms with Crippen LogP contribution in [-0.4, -0.2) is 22.6 Å². The maximum atomic E-state index is 4.41. The highest BCUT2D eigenvalue weighted by Crippen LogP contribution is 2.07. The summed E-state index contributed by atoms with van der Waals surface area (Å²) in [6.45, 7) is 5.00. The minimum Gasteiger partial charge on any atom is -0.370 e. The first kappa shape index (κ1) is 13.3. The van der Waals surface area contributed by atoms with Gasteiger partial charge in [-0.15, -0.1) is 0 Å². The van der Waals surface area contributed by atoms with Crippen molar-refractivity contribution in [1.29, 1.82) is 0 Å². The summed E-state index contributed by atoms with van der Waals surface area (Å²) in [5, 5.41) is 6.51. The Morgan fingerprint density at radius 3 is 2.63 bits per heavy atom. The third-order valence-corrected chi connectivity index (χ3v) is 2.64. The van der Waals surface area contributed by atoms with E-state index < -0.39 is 0 Å². The molecule has 0 atom stereocenters. The van der Waals surface area contributed by atoms with Crippen LogP contribution in [0.3, 0.4) is 0 Å². The number of benzene rings is 1. The molecule has 2 N–H and O–H groups in total. The molecule has 4 nitrogen and oxygen atoms in total. The number of aromatic nitrogens is 2. The predicted octanol–water partition coefficient (Wildman–Crippen LogP) is 2.95. The van der Waals surface area contributed by atoms with E-state index in [0.717, 1.165) is 18.8 Å². The van der Waals surface area contributed by atoms with E-state index in [-0.39, 0.29) is 0 Å². The Morgan fingerprint density at radius 2 is 1.89 bits per heavy atom. The fraction of sp³-hybridized carbons (Fsp3) is 0.333. The largest absolute Gasteiger partial charge is 0.370 e. The first-order chi connectivity index (χ1) is 9.24. The van der Waals surface area contributed by atoms with Crippen LogP contribution in [0.15, 0.2) is 42.6 Å². The van der Waals surface area contributed by atoms with Crippen LogP contribution in [-0.2, 0) is 6.42 Å². The molecule has 0 unspecified atom stereocenters. The molecule has 100 valence electrons. The van der Waals surface area contributed by atoms with Gasteiger partial charge in [0, 0.05) is 18.8 Å². The standard InChI is InChI=1S/C15H20N4/c1-12(2)18-15-17-11-9-14(19-15)16-10-8-13-6-4-3-5-7-13/h3-7,9,11-12H,8,10H2,1-2H3,(H2,16,17,18,19). The number of hydrogen-bond acceptors (Lipinski definition) is 4. The molecule has 4 heteroatoms. The second kappa shape index (κ2) is 6.73. The molecule has 0 saturated heterocycles. The molecule has 0 saturated carbocycles. The SMILES string of the molecule is CC(C)Nc1nccc(NCCc2ccccc2)n1. The van der Waals surface area contributed by atoms with Crippen molar-refractivity contribution in [2.24, 2.45) is 0 Å². The van der Waals surface area contributed by atoms with Gasteiger partial charge in [-0.05, 0) is 31.9 Å². The quantitative estimate of drug-likeness (QED) is 0.834. The van der Waals surface area contributed by atoms with Crippen LogP contribution in [0.25, 0.3) is 0 Å². The van der Waals surface area contributed by atoms with Crippen molar-refractivity contribution in [1.82, 2.24) is 9.97 Å². The van der Waals surface area contributed by atoms with Gasteiger partial charge in [-0.1, -0.05) is 30.3 Å². The Kier molecular flexibility index (Phi) is 4.72. The van der Waals surface area contributed by atoms with Gasteiger partial charge in [0.15, 0.2) is 0 Å². The predicted molar refractivity (Wildman–Crippen MR) is 79.4 cm³/mol. The highest BCUT2D eigenvalue weighted by Gasteiger charge is 2.00. The topological polar surface area (TPSA) is 49.8 Å². The number of nitrogens with one attached hydrogen (secondary N) is 2. The van der Waals surface area contributed by atoms with Crippen LogP contribution >= 0.6 is 0 Å². The van der Waals surface area contributed by atoms with Crippen molar-refractivity contribution >= 4 is 11.8 Å². The lowest BCUT2D eigenvalue weighted by atomic mass is 10.1. The van der Waals surface area contributed by atoms with E-state index in [4.69, 9.17) is 0 Å². The fourth-order valence-electron chi connectivity index (χ4n) is 1.76. The summed E-state index contributed by atoms with van der Waals surface area (Å²) in [7, 11) is 0. The zero-order valence-corrected chi connectivity index (χ0v) is 11.4. The molecule has 0 radical (unpaired) electrons. The van der Waals surface area contributed by atoms with Crippen molar-refractivity contribution < 1.29 is 0 Å². The van der Waals surface area contributed by atoms with E-state index in [9.17, 15) is 0 Å². The Balaban J connectivity index is 1.86. The summed E-state index contributed by atoms with van der Waals surface area (Å²) in [6, 6.07) is 12.6. The van der Waals surface area contributed by atoms with Crippen LogP contribution in [0.5, 0.6) is 0 Å². The number of hydrogen-bond donors (Lipinski definition) is 2. The maximum absolute atomic E-state index is 4.41.